The molecule has 1 aromatic heterocycles. The molecule has 0 saturated heterocycles. The van der Waals surface area contributed by atoms with Crippen LogP contribution >= 0.6 is 0 Å². The lowest BCUT2D eigenvalue weighted by atomic mass is 10.0. The minimum Gasteiger partial charge on any atom is -0.491 e. The first-order valence-corrected chi connectivity index (χ1v) is 7.26. The summed E-state index contributed by atoms with van der Waals surface area (Å²) < 4.78 is 10.5. The van der Waals surface area contributed by atoms with Crippen molar-refractivity contribution in [3.63, 3.8) is 0 Å². The number of hydrogen-bond donors (Lipinski definition) is 0. The lowest BCUT2D eigenvalue weighted by Gasteiger charge is -2.12. The van der Waals surface area contributed by atoms with Gasteiger partial charge in [-0.3, -0.25) is 9.78 Å². The van der Waals surface area contributed by atoms with E-state index in [-0.39, 0.29) is 12.2 Å². The fraction of sp³-hybridized carbons (Fsp3) is 0.353. The van der Waals surface area contributed by atoms with E-state index in [2.05, 4.69) is 4.98 Å². The minimum absolute atomic E-state index is 0.163. The van der Waals surface area contributed by atoms with Crippen LogP contribution in [0.1, 0.15) is 31.1 Å². The fourth-order valence-corrected chi connectivity index (χ4v) is 2.02. The molecule has 0 fully saturated rings. The molecule has 0 aliphatic heterocycles. The molecule has 0 N–H and O–H groups in total. The Balaban J connectivity index is 2.44. The van der Waals surface area contributed by atoms with Crippen molar-refractivity contribution in [2.24, 2.45) is 5.92 Å². The molecule has 0 bridgehead atoms. The lowest BCUT2D eigenvalue weighted by Crippen LogP contribution is -2.18. The normalized spacial score (nSPS) is 10.7. The van der Waals surface area contributed by atoms with E-state index < -0.39 is 11.8 Å². The van der Waals surface area contributed by atoms with E-state index in [0.717, 1.165) is 0 Å². The van der Waals surface area contributed by atoms with E-state index in [1.54, 1.807) is 37.4 Å². The zero-order chi connectivity index (χ0) is 16.1. The largest absolute Gasteiger partial charge is 0.491 e. The third kappa shape index (κ3) is 3.42. The van der Waals surface area contributed by atoms with Crippen molar-refractivity contribution in [3.05, 3.63) is 36.0 Å². The van der Waals surface area contributed by atoms with Gasteiger partial charge in [0.2, 0.25) is 0 Å². The van der Waals surface area contributed by atoms with E-state index >= 15 is 0 Å². The highest BCUT2D eigenvalue weighted by Crippen LogP contribution is 2.27. The van der Waals surface area contributed by atoms with Crippen molar-refractivity contribution in [2.45, 2.75) is 20.8 Å². The van der Waals surface area contributed by atoms with Crippen LogP contribution < -0.4 is 4.74 Å². The number of nitrogens with zero attached hydrogens (tertiary/aromatic N) is 1. The van der Waals surface area contributed by atoms with Crippen LogP contribution in [0, 0.1) is 5.92 Å². The van der Waals surface area contributed by atoms with Gasteiger partial charge in [-0.05, 0) is 31.0 Å². The summed E-state index contributed by atoms with van der Waals surface area (Å²) in [4.78, 5) is 28.1. The van der Waals surface area contributed by atoms with Gasteiger partial charge >= 0.3 is 5.97 Å². The number of aromatic nitrogens is 1. The molecule has 1 heterocycles. The van der Waals surface area contributed by atoms with E-state index in [1.165, 1.54) is 0 Å². The number of rotatable bonds is 6. The Morgan fingerprint density at radius 1 is 1.23 bits per heavy atom. The van der Waals surface area contributed by atoms with Gasteiger partial charge in [-0.15, -0.1) is 0 Å². The van der Waals surface area contributed by atoms with Gasteiger partial charge < -0.3 is 9.47 Å². The highest BCUT2D eigenvalue weighted by Gasteiger charge is 2.21. The summed E-state index contributed by atoms with van der Waals surface area (Å²) >= 11 is 0. The monoisotopic (exact) mass is 301 g/mol. The third-order valence-corrected chi connectivity index (χ3v) is 3.01. The maximum atomic E-state index is 12.2. The van der Waals surface area contributed by atoms with Crippen molar-refractivity contribution < 1.29 is 19.1 Å². The fourth-order valence-electron chi connectivity index (χ4n) is 2.02. The maximum absolute atomic E-state index is 12.2. The molecule has 0 saturated carbocycles. The van der Waals surface area contributed by atoms with E-state index in [0.29, 0.717) is 29.2 Å². The van der Waals surface area contributed by atoms with Gasteiger partial charge in [0.25, 0.3) is 5.78 Å². The Morgan fingerprint density at radius 3 is 2.68 bits per heavy atom. The van der Waals surface area contributed by atoms with Gasteiger partial charge in [-0.25, -0.2) is 4.79 Å². The zero-order valence-corrected chi connectivity index (χ0v) is 13.0. The summed E-state index contributed by atoms with van der Waals surface area (Å²) in [5, 5.41) is 0.585. The third-order valence-electron chi connectivity index (χ3n) is 3.01. The van der Waals surface area contributed by atoms with Crippen LogP contribution in [0.3, 0.4) is 0 Å². The standard InChI is InChI=1S/C17H19NO4/c1-4-21-17(20)16(19)13-7-8-14(22-10-11(2)3)15-12(13)6-5-9-18-15/h5-9,11H,4,10H2,1-3H3. The number of ether oxygens (including phenoxy) is 2. The summed E-state index contributed by atoms with van der Waals surface area (Å²) in [5.41, 5.74) is 0.844. The van der Waals surface area contributed by atoms with Crippen molar-refractivity contribution in [1.29, 1.82) is 0 Å². The molecule has 0 unspecified atom stereocenters. The average Bonchev–Trinajstić information content (AvgIpc) is 2.52. The molecule has 22 heavy (non-hydrogen) atoms. The molecule has 1 aromatic carbocycles. The van der Waals surface area contributed by atoms with Gasteiger partial charge in [0.1, 0.15) is 11.3 Å². The quantitative estimate of drug-likeness (QED) is 0.466. The smallest absolute Gasteiger partial charge is 0.379 e. The van der Waals surface area contributed by atoms with Crippen LogP contribution in [-0.2, 0) is 9.53 Å². The molecule has 0 aliphatic carbocycles. The number of benzene rings is 1. The molecule has 0 atom stereocenters. The van der Waals surface area contributed by atoms with Crippen molar-refractivity contribution in [1.82, 2.24) is 4.98 Å². The van der Waals surface area contributed by atoms with Crippen LogP contribution in [0.4, 0.5) is 0 Å². The zero-order valence-electron chi connectivity index (χ0n) is 13.0. The van der Waals surface area contributed by atoms with Crippen LogP contribution in [0.5, 0.6) is 5.75 Å². The molecule has 5 heteroatoms. The molecule has 0 spiro atoms. The van der Waals surface area contributed by atoms with Crippen LogP contribution in [-0.4, -0.2) is 30.0 Å². The predicted molar refractivity (Wildman–Crippen MR) is 83.0 cm³/mol. The first-order chi connectivity index (χ1) is 10.5. The number of esters is 1. The number of ketones is 1. The topological polar surface area (TPSA) is 65.5 Å². The Labute approximate surface area is 129 Å². The highest BCUT2D eigenvalue weighted by atomic mass is 16.5. The van der Waals surface area contributed by atoms with Crippen molar-refractivity contribution in [2.75, 3.05) is 13.2 Å². The predicted octanol–water partition coefficient (Wildman–Crippen LogP) is 3.02. The highest BCUT2D eigenvalue weighted by molar-refractivity contribution is 6.43. The molecule has 0 radical (unpaired) electrons. The van der Waals surface area contributed by atoms with E-state index in [1.807, 2.05) is 13.8 Å². The van der Waals surface area contributed by atoms with Gasteiger partial charge in [-0.1, -0.05) is 19.9 Å². The molecular formula is C17H19NO4. The average molecular weight is 301 g/mol. The van der Waals surface area contributed by atoms with E-state index in [9.17, 15) is 9.59 Å². The summed E-state index contributed by atoms with van der Waals surface area (Å²) in [6, 6.07) is 6.72. The van der Waals surface area contributed by atoms with Crippen LogP contribution in [0.2, 0.25) is 0 Å². The second kappa shape index (κ2) is 7.02. The molecule has 2 rings (SSSR count). The molecule has 0 amide bonds. The molecule has 2 aromatic rings. The Bertz CT molecular complexity index is 694. The van der Waals surface area contributed by atoms with Gasteiger partial charge in [0, 0.05) is 17.1 Å². The minimum atomic E-state index is -0.858. The Hall–Kier alpha value is -2.43. The van der Waals surface area contributed by atoms with Gasteiger partial charge in [-0.2, -0.15) is 0 Å². The second-order valence-electron chi connectivity index (χ2n) is 5.27. The number of hydrogen-bond acceptors (Lipinski definition) is 5. The van der Waals surface area contributed by atoms with Crippen molar-refractivity contribution in [3.8, 4) is 5.75 Å². The molecular weight excluding hydrogens is 282 g/mol. The number of Topliss-reactive ketones (excluding diaryl/α,β-unsaturated/α-hetero) is 1. The van der Waals surface area contributed by atoms with Gasteiger partial charge in [0.15, 0.2) is 0 Å². The number of pyridine rings is 1. The Kier molecular flexibility index (Phi) is 5.09. The summed E-state index contributed by atoms with van der Waals surface area (Å²) in [6.45, 7) is 6.48. The SMILES string of the molecule is CCOC(=O)C(=O)c1ccc(OCC(C)C)c2ncccc12. The van der Waals surface area contributed by atoms with E-state index in [4.69, 9.17) is 9.47 Å². The first-order valence-electron chi connectivity index (χ1n) is 7.26. The molecule has 5 nitrogen and oxygen atoms in total. The number of carbonyl (C=O) groups is 2. The van der Waals surface area contributed by atoms with Crippen LogP contribution in [0.15, 0.2) is 30.5 Å². The van der Waals surface area contributed by atoms with Gasteiger partial charge in [0.05, 0.1) is 13.2 Å². The first kappa shape index (κ1) is 15.9. The summed E-state index contributed by atoms with van der Waals surface area (Å²) in [5.74, 6) is -0.553. The van der Waals surface area contributed by atoms with Crippen LogP contribution in [0.25, 0.3) is 10.9 Å². The second-order valence-corrected chi connectivity index (χ2v) is 5.27. The summed E-state index contributed by atoms with van der Waals surface area (Å²) in [6.07, 6.45) is 1.63. The van der Waals surface area contributed by atoms with Crippen molar-refractivity contribution >= 4 is 22.7 Å². The number of fused-ring (bicyclic) bond motifs is 1. The molecule has 116 valence electrons. The molecule has 0 aliphatic rings. The lowest BCUT2D eigenvalue weighted by molar-refractivity contribution is -0.137. The summed E-state index contributed by atoms with van der Waals surface area (Å²) in [7, 11) is 0. The number of carbonyl (C=O) groups excluding carboxylic acids is 2. The Morgan fingerprint density at radius 2 is 2.00 bits per heavy atom. The maximum Gasteiger partial charge on any atom is 0.379 e.